The zero-order valence-corrected chi connectivity index (χ0v) is 19.1. The minimum atomic E-state index is -0.926. The average molecular weight is 506 g/mol. The number of carbonyl (C=O) groups is 3. The van der Waals surface area contributed by atoms with Crippen molar-refractivity contribution in [3.63, 3.8) is 0 Å². The Morgan fingerprint density at radius 2 is 1.70 bits per heavy atom. The van der Waals surface area contributed by atoms with Crippen molar-refractivity contribution < 1.29 is 24.2 Å². The summed E-state index contributed by atoms with van der Waals surface area (Å²) in [4.78, 5) is 42.2. The van der Waals surface area contributed by atoms with Crippen molar-refractivity contribution in [2.45, 2.75) is 25.5 Å². The van der Waals surface area contributed by atoms with Crippen LogP contribution in [0.15, 0.2) is 12.1 Å². The molecule has 13 heteroatoms. The number of hydrogen-bond acceptors (Lipinski definition) is 7. The lowest BCUT2D eigenvalue weighted by molar-refractivity contribution is -0.147. The van der Waals surface area contributed by atoms with E-state index in [9.17, 15) is 14.4 Å². The third-order valence-electron chi connectivity index (χ3n) is 4.26. The van der Waals surface area contributed by atoms with Crippen LogP contribution in [-0.2, 0) is 25.7 Å². The second-order valence-corrected chi connectivity index (χ2v) is 7.20. The minimum Gasteiger partial charge on any atom is -0.480 e. The summed E-state index contributed by atoms with van der Waals surface area (Å²) in [6, 6.07) is 2.13. The third kappa shape index (κ3) is 9.63. The Kier molecular flexibility index (Phi) is 13.2. The molecule has 9 nitrogen and oxygen atoms in total. The van der Waals surface area contributed by atoms with Crippen LogP contribution in [0.3, 0.4) is 0 Å². The number of carbonyl (C=O) groups excluding carboxylic acids is 2. The SMILES string of the molecule is Cl.Cl.N[C@@H](CCC(=O)N1CCN(CC(=O)O)CC1)C(=O)OCc1cc(Cl)nc(Cl)c1. The van der Waals surface area contributed by atoms with Gasteiger partial charge in [0, 0.05) is 32.6 Å². The standard InChI is InChI=1S/C17H22Cl2N4O5.2ClH/c18-13-7-11(8-14(19)21-13)10-28-17(27)12(20)1-2-15(24)23-5-3-22(4-6-23)9-16(25)26;;/h7-8,12H,1-6,9-10,20H2,(H,25,26);2*1H/t12-;;/m0../s1. The Balaban J connectivity index is 0.00000420. The molecular formula is C17H24Cl4N4O5. The van der Waals surface area contributed by atoms with Gasteiger partial charge in [-0.1, -0.05) is 23.2 Å². The number of esters is 1. The molecule has 3 N–H and O–H groups in total. The maximum Gasteiger partial charge on any atom is 0.323 e. The van der Waals surface area contributed by atoms with Crippen LogP contribution in [-0.4, -0.2) is 76.5 Å². The van der Waals surface area contributed by atoms with Gasteiger partial charge in [0.05, 0.1) is 6.54 Å². The lowest BCUT2D eigenvalue weighted by Gasteiger charge is -2.34. The number of carboxylic acids is 1. The Hall–Kier alpha value is -1.36. The zero-order valence-electron chi connectivity index (χ0n) is 16.0. The Morgan fingerprint density at radius 1 is 1.13 bits per heavy atom. The molecule has 1 saturated heterocycles. The highest BCUT2D eigenvalue weighted by atomic mass is 35.5. The van der Waals surface area contributed by atoms with Gasteiger partial charge in [-0.3, -0.25) is 19.3 Å². The largest absolute Gasteiger partial charge is 0.480 e. The topological polar surface area (TPSA) is 126 Å². The molecule has 0 unspecified atom stereocenters. The number of aromatic nitrogens is 1. The first-order valence-corrected chi connectivity index (χ1v) is 9.46. The highest BCUT2D eigenvalue weighted by molar-refractivity contribution is 6.32. The van der Waals surface area contributed by atoms with Crippen LogP contribution >= 0.6 is 48.0 Å². The van der Waals surface area contributed by atoms with E-state index >= 15 is 0 Å². The second kappa shape index (κ2) is 13.8. The quantitative estimate of drug-likeness (QED) is 0.403. The third-order valence-corrected chi connectivity index (χ3v) is 4.65. The van der Waals surface area contributed by atoms with E-state index in [0.29, 0.717) is 31.7 Å². The lowest BCUT2D eigenvalue weighted by atomic mass is 10.1. The number of nitrogens with zero attached hydrogens (tertiary/aromatic N) is 3. The monoisotopic (exact) mass is 504 g/mol. The fourth-order valence-electron chi connectivity index (χ4n) is 2.76. The van der Waals surface area contributed by atoms with Gasteiger partial charge in [-0.25, -0.2) is 4.98 Å². The lowest BCUT2D eigenvalue weighted by Crippen LogP contribution is -2.50. The molecule has 1 atom stereocenters. The van der Waals surface area contributed by atoms with E-state index in [-0.39, 0.29) is 67.0 Å². The number of hydrogen-bond donors (Lipinski definition) is 2. The first kappa shape index (κ1) is 28.6. The molecule has 0 saturated carbocycles. The first-order valence-electron chi connectivity index (χ1n) is 8.70. The molecule has 0 bridgehead atoms. The summed E-state index contributed by atoms with van der Waals surface area (Å²) in [7, 11) is 0. The van der Waals surface area contributed by atoms with Gasteiger partial charge in [0.25, 0.3) is 0 Å². The van der Waals surface area contributed by atoms with Crippen LogP contribution in [0.4, 0.5) is 0 Å². The van der Waals surface area contributed by atoms with Gasteiger partial charge < -0.3 is 20.5 Å². The number of ether oxygens (including phenoxy) is 1. The van der Waals surface area contributed by atoms with E-state index in [2.05, 4.69) is 4.98 Å². The van der Waals surface area contributed by atoms with Gasteiger partial charge in [0.2, 0.25) is 5.91 Å². The molecule has 0 radical (unpaired) electrons. The maximum atomic E-state index is 12.3. The van der Waals surface area contributed by atoms with Gasteiger partial charge in [0.15, 0.2) is 0 Å². The van der Waals surface area contributed by atoms with E-state index in [1.807, 2.05) is 0 Å². The normalized spacial score (nSPS) is 14.8. The highest BCUT2D eigenvalue weighted by Gasteiger charge is 2.24. The predicted octanol–water partition coefficient (Wildman–Crippen LogP) is 1.61. The zero-order chi connectivity index (χ0) is 20.7. The average Bonchev–Trinajstić information content (AvgIpc) is 2.63. The van der Waals surface area contributed by atoms with Crippen LogP contribution in [0.2, 0.25) is 10.3 Å². The van der Waals surface area contributed by atoms with Gasteiger partial charge in [0.1, 0.15) is 23.0 Å². The number of pyridine rings is 1. The smallest absolute Gasteiger partial charge is 0.323 e. The molecule has 0 spiro atoms. The van der Waals surface area contributed by atoms with E-state index < -0.39 is 18.0 Å². The maximum absolute atomic E-state index is 12.3. The van der Waals surface area contributed by atoms with E-state index in [1.165, 1.54) is 12.1 Å². The molecule has 0 aliphatic carbocycles. The number of piperazine rings is 1. The summed E-state index contributed by atoms with van der Waals surface area (Å²) < 4.78 is 5.13. The summed E-state index contributed by atoms with van der Waals surface area (Å²) in [5, 5.41) is 9.17. The Morgan fingerprint density at radius 3 is 2.23 bits per heavy atom. The number of amides is 1. The summed E-state index contributed by atoms with van der Waals surface area (Å²) in [6.07, 6.45) is 0.271. The van der Waals surface area contributed by atoms with E-state index in [1.54, 1.807) is 9.80 Å². The van der Waals surface area contributed by atoms with Gasteiger partial charge >= 0.3 is 11.9 Å². The number of carboxylic acid groups (broad SMARTS) is 1. The molecule has 2 heterocycles. The molecule has 2 rings (SSSR count). The number of halogens is 4. The van der Waals surface area contributed by atoms with Crippen molar-refractivity contribution in [3.8, 4) is 0 Å². The van der Waals surface area contributed by atoms with Gasteiger partial charge in [-0.05, 0) is 24.1 Å². The predicted molar refractivity (Wildman–Crippen MR) is 116 cm³/mol. The van der Waals surface area contributed by atoms with Crippen molar-refractivity contribution in [2.75, 3.05) is 32.7 Å². The van der Waals surface area contributed by atoms with Crippen molar-refractivity contribution in [1.82, 2.24) is 14.8 Å². The minimum absolute atomic E-state index is 0. The Bertz CT molecular complexity index is 712. The summed E-state index contributed by atoms with van der Waals surface area (Å²) >= 11 is 11.6. The molecular weight excluding hydrogens is 482 g/mol. The molecule has 1 aromatic heterocycles. The van der Waals surface area contributed by atoms with Crippen molar-refractivity contribution in [2.24, 2.45) is 5.73 Å². The van der Waals surface area contributed by atoms with Gasteiger partial charge in [-0.15, -0.1) is 24.8 Å². The van der Waals surface area contributed by atoms with E-state index in [4.69, 9.17) is 38.8 Å². The van der Waals surface area contributed by atoms with E-state index in [0.717, 1.165) is 0 Å². The molecule has 1 aromatic rings. The Labute approximate surface area is 196 Å². The molecule has 1 aliphatic heterocycles. The van der Waals surface area contributed by atoms with Crippen molar-refractivity contribution in [3.05, 3.63) is 28.0 Å². The van der Waals surface area contributed by atoms with Crippen LogP contribution in [0.1, 0.15) is 18.4 Å². The number of rotatable bonds is 8. The summed E-state index contributed by atoms with van der Waals surface area (Å²) in [6.45, 7) is 1.83. The van der Waals surface area contributed by atoms with Crippen molar-refractivity contribution >= 4 is 65.9 Å². The van der Waals surface area contributed by atoms with Crippen LogP contribution in [0.5, 0.6) is 0 Å². The summed E-state index contributed by atoms with van der Waals surface area (Å²) in [5.74, 6) is -1.63. The molecule has 170 valence electrons. The summed E-state index contributed by atoms with van der Waals surface area (Å²) in [5.41, 5.74) is 6.40. The number of aliphatic carboxylic acids is 1. The number of nitrogens with two attached hydrogens (primary N) is 1. The fraction of sp³-hybridized carbons (Fsp3) is 0.529. The first-order chi connectivity index (χ1) is 13.2. The van der Waals surface area contributed by atoms with Gasteiger partial charge in [-0.2, -0.15) is 0 Å². The van der Waals surface area contributed by atoms with Crippen LogP contribution in [0.25, 0.3) is 0 Å². The second-order valence-electron chi connectivity index (χ2n) is 6.42. The van der Waals surface area contributed by atoms with Crippen molar-refractivity contribution in [1.29, 1.82) is 0 Å². The molecule has 30 heavy (non-hydrogen) atoms. The van der Waals surface area contributed by atoms with Crippen LogP contribution < -0.4 is 5.73 Å². The molecule has 1 fully saturated rings. The molecule has 1 amide bonds. The molecule has 0 aromatic carbocycles. The van der Waals surface area contributed by atoms with Crippen LogP contribution in [0, 0.1) is 0 Å². The fourth-order valence-corrected chi connectivity index (χ4v) is 3.27. The highest BCUT2D eigenvalue weighted by Crippen LogP contribution is 2.15. The molecule has 1 aliphatic rings.